The van der Waals surface area contributed by atoms with Crippen molar-refractivity contribution in [3.8, 4) is 5.75 Å². The number of nitrogens with two attached hydrogens (primary N) is 1. The van der Waals surface area contributed by atoms with Crippen LogP contribution in [0.1, 0.15) is 5.56 Å². The van der Waals surface area contributed by atoms with Gasteiger partial charge in [-0.15, -0.1) is 0 Å². The van der Waals surface area contributed by atoms with Gasteiger partial charge in [0.1, 0.15) is 11.6 Å². The number of halogens is 1. The van der Waals surface area contributed by atoms with E-state index in [9.17, 15) is 8.60 Å². The molecule has 2 N–H and O–H groups in total. The molecular weight excluding hydrogens is 265 g/mol. The van der Waals surface area contributed by atoms with Gasteiger partial charge in [0, 0.05) is 16.6 Å². The molecule has 0 radical (unpaired) electrons. The largest absolute Gasteiger partial charge is 0.497 e. The third-order valence-corrected chi connectivity index (χ3v) is 3.96. The zero-order chi connectivity index (χ0) is 13.8. The Morgan fingerprint density at radius 2 is 2.05 bits per heavy atom. The van der Waals surface area contributed by atoms with Crippen molar-refractivity contribution in [1.82, 2.24) is 0 Å². The summed E-state index contributed by atoms with van der Waals surface area (Å²) in [5.41, 5.74) is 7.07. The predicted molar refractivity (Wildman–Crippen MR) is 73.9 cm³/mol. The van der Waals surface area contributed by atoms with E-state index in [-0.39, 0.29) is 5.75 Å². The van der Waals surface area contributed by atoms with Gasteiger partial charge in [-0.2, -0.15) is 0 Å². The summed E-state index contributed by atoms with van der Waals surface area (Å²) in [5, 5.41) is 0. The van der Waals surface area contributed by atoms with Gasteiger partial charge in [0.05, 0.1) is 23.7 Å². The van der Waals surface area contributed by atoms with Crippen molar-refractivity contribution >= 4 is 16.5 Å². The normalized spacial score (nSPS) is 12.1. The highest BCUT2D eigenvalue weighted by atomic mass is 32.2. The highest BCUT2D eigenvalue weighted by molar-refractivity contribution is 7.84. The van der Waals surface area contributed by atoms with Gasteiger partial charge in [0.15, 0.2) is 0 Å². The molecule has 0 aromatic heterocycles. The Morgan fingerprint density at radius 1 is 1.26 bits per heavy atom. The minimum absolute atomic E-state index is 0.269. The number of benzene rings is 2. The first-order valence-corrected chi connectivity index (χ1v) is 6.98. The van der Waals surface area contributed by atoms with Crippen LogP contribution in [0.15, 0.2) is 47.4 Å². The van der Waals surface area contributed by atoms with E-state index in [1.165, 1.54) is 12.1 Å². The molecule has 0 amide bonds. The highest BCUT2D eigenvalue weighted by Crippen LogP contribution is 2.21. The molecule has 2 aromatic carbocycles. The minimum Gasteiger partial charge on any atom is -0.497 e. The summed E-state index contributed by atoms with van der Waals surface area (Å²) in [6.07, 6.45) is 0. The fourth-order valence-electron chi connectivity index (χ4n) is 1.73. The number of ether oxygens (including phenoxy) is 1. The fraction of sp³-hybridized carbons (Fsp3) is 0.143. The Labute approximate surface area is 113 Å². The molecule has 0 saturated heterocycles. The highest BCUT2D eigenvalue weighted by Gasteiger charge is 2.08. The van der Waals surface area contributed by atoms with Gasteiger partial charge in [-0.05, 0) is 35.9 Å². The molecule has 0 aliphatic rings. The molecule has 100 valence electrons. The standard InChI is InChI=1S/C14H14FNO2S/c1-18-13-6-10(5-12(16)8-13)9-19(17)14-4-2-3-11(15)7-14/h2-8H,9,16H2,1H3. The van der Waals surface area contributed by atoms with Crippen LogP contribution in [0.3, 0.4) is 0 Å². The second kappa shape index (κ2) is 5.84. The van der Waals surface area contributed by atoms with E-state index in [0.29, 0.717) is 16.3 Å². The van der Waals surface area contributed by atoms with E-state index in [4.69, 9.17) is 10.5 Å². The van der Waals surface area contributed by atoms with Crippen molar-refractivity contribution in [1.29, 1.82) is 0 Å². The summed E-state index contributed by atoms with van der Waals surface area (Å²) in [7, 11) is 0.229. The SMILES string of the molecule is COc1cc(N)cc(CS(=O)c2cccc(F)c2)c1. The number of hydrogen-bond acceptors (Lipinski definition) is 3. The van der Waals surface area contributed by atoms with E-state index in [2.05, 4.69) is 0 Å². The Bertz CT molecular complexity index is 616. The molecule has 0 bridgehead atoms. The Morgan fingerprint density at radius 3 is 2.74 bits per heavy atom. The van der Waals surface area contributed by atoms with Crippen LogP contribution in [0.5, 0.6) is 5.75 Å². The van der Waals surface area contributed by atoms with Crippen molar-refractivity contribution in [2.75, 3.05) is 12.8 Å². The monoisotopic (exact) mass is 279 g/mol. The summed E-state index contributed by atoms with van der Waals surface area (Å²) >= 11 is 0. The summed E-state index contributed by atoms with van der Waals surface area (Å²) in [6.45, 7) is 0. The van der Waals surface area contributed by atoms with Gasteiger partial charge >= 0.3 is 0 Å². The van der Waals surface area contributed by atoms with Crippen molar-refractivity contribution in [2.45, 2.75) is 10.6 Å². The minimum atomic E-state index is -1.31. The molecule has 0 aliphatic heterocycles. The number of rotatable bonds is 4. The first-order valence-electron chi connectivity index (χ1n) is 5.66. The van der Waals surface area contributed by atoms with Crippen molar-refractivity contribution in [3.63, 3.8) is 0 Å². The zero-order valence-electron chi connectivity index (χ0n) is 10.4. The first-order chi connectivity index (χ1) is 9.08. The van der Waals surface area contributed by atoms with Crippen LogP contribution < -0.4 is 10.5 Å². The summed E-state index contributed by atoms with van der Waals surface area (Å²) in [4.78, 5) is 0.460. The van der Waals surface area contributed by atoms with Crippen LogP contribution in [0.2, 0.25) is 0 Å². The fourth-order valence-corrected chi connectivity index (χ4v) is 2.84. The topological polar surface area (TPSA) is 52.3 Å². The average Bonchev–Trinajstić information content (AvgIpc) is 2.38. The van der Waals surface area contributed by atoms with E-state index in [1.807, 2.05) is 0 Å². The quantitative estimate of drug-likeness (QED) is 0.875. The molecule has 1 unspecified atom stereocenters. The van der Waals surface area contributed by atoms with Crippen LogP contribution in [-0.2, 0) is 16.6 Å². The lowest BCUT2D eigenvalue weighted by Crippen LogP contribution is -1.99. The molecule has 0 spiro atoms. The number of nitrogen functional groups attached to an aromatic ring is 1. The average molecular weight is 279 g/mol. The molecule has 5 heteroatoms. The Hall–Kier alpha value is -1.88. The van der Waals surface area contributed by atoms with Gasteiger partial charge in [-0.3, -0.25) is 4.21 Å². The second-order valence-electron chi connectivity index (χ2n) is 4.06. The van der Waals surface area contributed by atoms with E-state index < -0.39 is 16.6 Å². The van der Waals surface area contributed by atoms with Crippen LogP contribution in [-0.4, -0.2) is 11.3 Å². The molecule has 3 nitrogen and oxygen atoms in total. The maximum absolute atomic E-state index is 13.1. The second-order valence-corrected chi connectivity index (χ2v) is 5.51. The lowest BCUT2D eigenvalue weighted by Gasteiger charge is -2.07. The molecule has 0 fully saturated rings. The van der Waals surface area contributed by atoms with E-state index in [0.717, 1.165) is 5.56 Å². The third-order valence-electron chi connectivity index (χ3n) is 2.58. The van der Waals surface area contributed by atoms with Gasteiger partial charge in [-0.1, -0.05) is 6.07 Å². The number of anilines is 1. The summed E-state index contributed by atoms with van der Waals surface area (Å²) in [5.74, 6) is 0.493. The zero-order valence-corrected chi connectivity index (χ0v) is 11.2. The first kappa shape index (κ1) is 13.5. The molecule has 0 heterocycles. The molecule has 2 rings (SSSR count). The molecule has 2 aromatic rings. The molecule has 0 saturated carbocycles. The third kappa shape index (κ3) is 3.54. The van der Waals surface area contributed by atoms with Crippen molar-refractivity contribution in [3.05, 3.63) is 53.8 Å². The molecule has 0 aliphatic carbocycles. The lowest BCUT2D eigenvalue weighted by molar-refractivity contribution is 0.414. The molecular formula is C14H14FNO2S. The van der Waals surface area contributed by atoms with Crippen LogP contribution in [0.25, 0.3) is 0 Å². The summed E-state index contributed by atoms with van der Waals surface area (Å²) < 4.78 is 30.3. The van der Waals surface area contributed by atoms with Gasteiger partial charge < -0.3 is 10.5 Å². The van der Waals surface area contributed by atoms with Crippen LogP contribution >= 0.6 is 0 Å². The number of methoxy groups -OCH3 is 1. The van der Waals surface area contributed by atoms with E-state index in [1.54, 1.807) is 37.4 Å². The van der Waals surface area contributed by atoms with Crippen LogP contribution in [0, 0.1) is 5.82 Å². The molecule has 1 atom stereocenters. The maximum Gasteiger partial charge on any atom is 0.124 e. The van der Waals surface area contributed by atoms with Crippen LogP contribution in [0.4, 0.5) is 10.1 Å². The Balaban J connectivity index is 2.21. The molecule has 19 heavy (non-hydrogen) atoms. The maximum atomic E-state index is 13.1. The van der Waals surface area contributed by atoms with Crippen molar-refractivity contribution < 1.29 is 13.3 Å². The van der Waals surface area contributed by atoms with E-state index >= 15 is 0 Å². The number of hydrogen-bond donors (Lipinski definition) is 1. The smallest absolute Gasteiger partial charge is 0.124 e. The Kier molecular flexibility index (Phi) is 4.16. The lowest BCUT2D eigenvalue weighted by atomic mass is 10.2. The van der Waals surface area contributed by atoms with Gasteiger partial charge in [0.2, 0.25) is 0 Å². The predicted octanol–water partition coefficient (Wildman–Crippen LogP) is 2.72. The van der Waals surface area contributed by atoms with Crippen molar-refractivity contribution in [2.24, 2.45) is 0 Å². The van der Waals surface area contributed by atoms with Gasteiger partial charge in [0.25, 0.3) is 0 Å². The summed E-state index contributed by atoms with van der Waals surface area (Å²) in [6, 6.07) is 11.0. The van der Waals surface area contributed by atoms with Gasteiger partial charge in [-0.25, -0.2) is 4.39 Å².